The molecule has 1 N–H and O–H groups in total. The monoisotopic (exact) mass is 399 g/mol. The fourth-order valence-electron chi connectivity index (χ4n) is 3.31. The summed E-state index contributed by atoms with van der Waals surface area (Å²) >= 11 is 1.47. The molecule has 0 aliphatic carbocycles. The largest absolute Gasteiger partial charge is 0.496 e. The van der Waals surface area contributed by atoms with Crippen LogP contribution < -0.4 is 4.74 Å². The van der Waals surface area contributed by atoms with Gasteiger partial charge >= 0.3 is 5.97 Å². The highest BCUT2D eigenvalue weighted by Gasteiger charge is 2.43. The maximum atomic E-state index is 13.3. The number of carbonyl (C=O) groups excluding carboxylic acids is 1. The van der Waals surface area contributed by atoms with Crippen molar-refractivity contribution in [2.45, 2.75) is 37.6 Å². The summed E-state index contributed by atoms with van der Waals surface area (Å²) in [5.41, 5.74) is 2.51. The molecule has 5 nitrogen and oxygen atoms in total. The summed E-state index contributed by atoms with van der Waals surface area (Å²) in [6, 6.07) is 14.1. The van der Waals surface area contributed by atoms with Gasteiger partial charge in [0.2, 0.25) is 0 Å². The lowest BCUT2D eigenvalue weighted by atomic mass is 9.86. The number of carboxylic acids is 1. The molecule has 0 saturated carbocycles. The van der Waals surface area contributed by atoms with Gasteiger partial charge in [0, 0.05) is 5.75 Å². The third-order valence-corrected chi connectivity index (χ3v) is 6.24. The second-order valence-corrected chi connectivity index (χ2v) is 8.94. The summed E-state index contributed by atoms with van der Waals surface area (Å²) < 4.78 is 5.31. The molecule has 2 aromatic carbocycles. The molecule has 0 aromatic heterocycles. The predicted molar refractivity (Wildman–Crippen MR) is 111 cm³/mol. The molecule has 6 heteroatoms. The Balaban J connectivity index is 1.99. The van der Waals surface area contributed by atoms with Gasteiger partial charge in [0.25, 0.3) is 5.91 Å². The van der Waals surface area contributed by atoms with Crippen LogP contribution in [0.4, 0.5) is 0 Å². The van der Waals surface area contributed by atoms with Crippen LogP contribution in [0.5, 0.6) is 5.75 Å². The summed E-state index contributed by atoms with van der Waals surface area (Å²) in [7, 11) is 1.50. The number of nitrogens with zero attached hydrogens (tertiary/aromatic N) is 1. The first-order valence-corrected chi connectivity index (χ1v) is 10.2. The molecule has 0 bridgehead atoms. The Hall–Kier alpha value is -2.47. The smallest absolute Gasteiger partial charge is 0.327 e. The SMILES string of the molecule is COc1ccccc1C(=O)N1C(C(=O)O)CSC1c1ccc(C(C)(C)C)cc1. The fourth-order valence-corrected chi connectivity index (χ4v) is 4.73. The van der Waals surface area contributed by atoms with Crippen molar-refractivity contribution in [2.75, 3.05) is 12.9 Å². The molecule has 1 amide bonds. The third-order valence-electron chi connectivity index (χ3n) is 4.92. The first-order valence-electron chi connectivity index (χ1n) is 9.14. The number of carbonyl (C=O) groups is 2. The lowest BCUT2D eigenvalue weighted by molar-refractivity contribution is -0.141. The van der Waals surface area contributed by atoms with E-state index < -0.39 is 12.0 Å². The van der Waals surface area contributed by atoms with Gasteiger partial charge in [0.1, 0.15) is 17.2 Å². The van der Waals surface area contributed by atoms with Crippen molar-refractivity contribution in [2.24, 2.45) is 0 Å². The van der Waals surface area contributed by atoms with Crippen molar-refractivity contribution >= 4 is 23.6 Å². The molecule has 2 aromatic rings. The zero-order chi connectivity index (χ0) is 20.5. The molecule has 0 radical (unpaired) electrons. The van der Waals surface area contributed by atoms with Gasteiger partial charge in [-0.3, -0.25) is 4.79 Å². The number of methoxy groups -OCH3 is 1. The van der Waals surface area contributed by atoms with E-state index in [1.54, 1.807) is 24.3 Å². The molecule has 2 atom stereocenters. The Morgan fingerprint density at radius 1 is 1.11 bits per heavy atom. The first kappa shape index (κ1) is 20.3. The molecule has 2 unspecified atom stereocenters. The molecule has 1 aliphatic heterocycles. The van der Waals surface area contributed by atoms with Gasteiger partial charge in [-0.2, -0.15) is 0 Å². The van der Waals surface area contributed by atoms with E-state index in [-0.39, 0.29) is 16.7 Å². The van der Waals surface area contributed by atoms with Crippen molar-refractivity contribution in [1.29, 1.82) is 0 Å². The van der Waals surface area contributed by atoms with Crippen LogP contribution in [-0.4, -0.2) is 40.8 Å². The number of rotatable bonds is 4. The highest BCUT2D eigenvalue weighted by molar-refractivity contribution is 7.99. The zero-order valence-corrected chi connectivity index (χ0v) is 17.3. The Morgan fingerprint density at radius 2 is 1.75 bits per heavy atom. The average molecular weight is 400 g/mol. The van der Waals surface area contributed by atoms with Gasteiger partial charge in [-0.15, -0.1) is 11.8 Å². The van der Waals surface area contributed by atoms with Crippen LogP contribution in [0.3, 0.4) is 0 Å². The molecular formula is C22H25NO4S. The molecule has 1 saturated heterocycles. The molecule has 3 rings (SSSR count). The number of hydrogen-bond acceptors (Lipinski definition) is 4. The summed E-state index contributed by atoms with van der Waals surface area (Å²) in [6.07, 6.45) is 0. The van der Waals surface area contributed by atoms with Crippen molar-refractivity contribution < 1.29 is 19.4 Å². The lowest BCUT2D eigenvalue weighted by Crippen LogP contribution is -2.43. The molecule has 1 aliphatic rings. The summed E-state index contributed by atoms with van der Waals surface area (Å²) in [4.78, 5) is 26.6. The van der Waals surface area contributed by atoms with E-state index in [9.17, 15) is 14.7 Å². The molecule has 0 spiro atoms. The van der Waals surface area contributed by atoms with Crippen LogP contribution in [0.2, 0.25) is 0 Å². The topological polar surface area (TPSA) is 66.8 Å². The van der Waals surface area contributed by atoms with E-state index in [1.165, 1.54) is 29.3 Å². The highest BCUT2D eigenvalue weighted by Crippen LogP contribution is 2.43. The number of para-hydroxylation sites is 1. The predicted octanol–water partition coefficient (Wildman–Crippen LogP) is 4.33. The van der Waals surface area contributed by atoms with Gasteiger partial charge < -0.3 is 14.7 Å². The van der Waals surface area contributed by atoms with Crippen molar-refractivity contribution in [3.63, 3.8) is 0 Å². The van der Waals surface area contributed by atoms with Crippen LogP contribution in [0, 0.1) is 0 Å². The quantitative estimate of drug-likeness (QED) is 0.829. The van der Waals surface area contributed by atoms with E-state index >= 15 is 0 Å². The normalized spacial score (nSPS) is 19.5. The minimum absolute atomic E-state index is 0.0257. The second-order valence-electron chi connectivity index (χ2n) is 7.82. The van der Waals surface area contributed by atoms with E-state index in [2.05, 4.69) is 32.9 Å². The van der Waals surface area contributed by atoms with Crippen molar-refractivity contribution in [1.82, 2.24) is 4.90 Å². The molecule has 28 heavy (non-hydrogen) atoms. The standard InChI is InChI=1S/C22H25NO4S/c1-22(2,3)15-11-9-14(10-12-15)20-23(17(13-28-20)21(25)26)19(24)16-7-5-6-8-18(16)27-4/h5-12,17,20H,13H2,1-4H3,(H,25,26). The van der Waals surface area contributed by atoms with Gasteiger partial charge in [0.05, 0.1) is 12.7 Å². The Morgan fingerprint density at radius 3 is 2.32 bits per heavy atom. The Labute approximate surface area is 169 Å². The van der Waals surface area contributed by atoms with Crippen molar-refractivity contribution in [3.05, 3.63) is 65.2 Å². The maximum Gasteiger partial charge on any atom is 0.327 e. The third kappa shape index (κ3) is 3.87. The summed E-state index contributed by atoms with van der Waals surface area (Å²) in [6.45, 7) is 6.43. The van der Waals surface area contributed by atoms with Crippen molar-refractivity contribution in [3.8, 4) is 5.75 Å². The first-order chi connectivity index (χ1) is 13.2. The second kappa shape index (κ2) is 7.87. The fraction of sp³-hybridized carbons (Fsp3) is 0.364. The lowest BCUT2D eigenvalue weighted by Gasteiger charge is -2.29. The number of benzene rings is 2. The van der Waals surface area contributed by atoms with Crippen LogP contribution in [0.25, 0.3) is 0 Å². The number of thioether (sulfide) groups is 1. The maximum absolute atomic E-state index is 13.3. The number of amides is 1. The molecule has 148 valence electrons. The van der Waals surface area contributed by atoms with E-state index in [4.69, 9.17) is 4.74 Å². The number of aliphatic carboxylic acids is 1. The van der Waals surface area contributed by atoms with Crippen LogP contribution in [0.15, 0.2) is 48.5 Å². The Bertz CT molecular complexity index is 873. The Kier molecular flexibility index (Phi) is 5.70. The van der Waals surface area contributed by atoms with Gasteiger partial charge in [0.15, 0.2) is 0 Å². The molecule has 1 heterocycles. The molecule has 1 fully saturated rings. The van der Waals surface area contributed by atoms with E-state index in [0.29, 0.717) is 17.1 Å². The van der Waals surface area contributed by atoms with Crippen LogP contribution in [0.1, 0.15) is 47.6 Å². The van der Waals surface area contributed by atoms with Gasteiger partial charge in [-0.1, -0.05) is 57.2 Å². The minimum atomic E-state index is -0.996. The molecular weight excluding hydrogens is 374 g/mol. The highest BCUT2D eigenvalue weighted by atomic mass is 32.2. The van der Waals surface area contributed by atoms with Gasteiger partial charge in [-0.05, 0) is 28.7 Å². The average Bonchev–Trinajstić information content (AvgIpc) is 3.12. The van der Waals surface area contributed by atoms with Crippen LogP contribution in [-0.2, 0) is 10.2 Å². The number of ether oxygens (including phenoxy) is 1. The zero-order valence-electron chi connectivity index (χ0n) is 16.5. The van der Waals surface area contributed by atoms with Crippen LogP contribution >= 0.6 is 11.8 Å². The van der Waals surface area contributed by atoms with E-state index in [1.807, 2.05) is 12.1 Å². The minimum Gasteiger partial charge on any atom is -0.496 e. The van der Waals surface area contributed by atoms with Gasteiger partial charge in [-0.25, -0.2) is 4.79 Å². The number of carboxylic acid groups (broad SMARTS) is 1. The number of hydrogen-bond donors (Lipinski definition) is 1. The van der Waals surface area contributed by atoms with E-state index in [0.717, 1.165) is 5.56 Å². The summed E-state index contributed by atoms with van der Waals surface area (Å²) in [5, 5.41) is 9.33. The summed E-state index contributed by atoms with van der Waals surface area (Å²) in [5.74, 6) is -0.540.